The quantitative estimate of drug-likeness (QED) is 0.807. The van der Waals surface area contributed by atoms with Crippen LogP contribution < -0.4 is 5.32 Å². The van der Waals surface area contributed by atoms with Crippen molar-refractivity contribution in [2.75, 3.05) is 7.05 Å². The van der Waals surface area contributed by atoms with Gasteiger partial charge >= 0.3 is 0 Å². The first-order chi connectivity index (χ1) is 7.52. The van der Waals surface area contributed by atoms with Crippen molar-refractivity contribution in [3.63, 3.8) is 0 Å². The molecule has 0 spiro atoms. The third-order valence-electron chi connectivity index (χ3n) is 3.13. The van der Waals surface area contributed by atoms with Crippen molar-refractivity contribution in [3.8, 4) is 0 Å². The topological polar surface area (TPSA) is 12.0 Å². The van der Waals surface area contributed by atoms with Crippen molar-refractivity contribution in [2.24, 2.45) is 5.92 Å². The van der Waals surface area contributed by atoms with Crippen molar-refractivity contribution in [2.45, 2.75) is 39.7 Å². The van der Waals surface area contributed by atoms with Crippen LogP contribution in [-0.2, 0) is 6.42 Å². The average molecular weight is 223 g/mol. The molecule has 0 bridgehead atoms. The van der Waals surface area contributed by atoms with Crippen molar-refractivity contribution in [1.82, 2.24) is 5.32 Å². The van der Waals surface area contributed by atoms with Gasteiger partial charge in [0.25, 0.3) is 0 Å². The molecule has 0 amide bonds. The van der Waals surface area contributed by atoms with Gasteiger partial charge in [0.1, 0.15) is 5.82 Å². The molecular weight excluding hydrogens is 201 g/mol. The van der Waals surface area contributed by atoms with Gasteiger partial charge in [-0.1, -0.05) is 13.0 Å². The molecule has 1 N–H and O–H groups in total. The molecule has 0 aliphatic rings. The molecule has 0 fully saturated rings. The fraction of sp³-hybridized carbons (Fsp3) is 0.571. The Kier molecular flexibility index (Phi) is 4.94. The molecular formula is C14H22FN. The van der Waals surface area contributed by atoms with Crippen molar-refractivity contribution >= 4 is 0 Å². The molecule has 0 saturated carbocycles. The Morgan fingerprint density at radius 2 is 2.00 bits per heavy atom. The highest BCUT2D eigenvalue weighted by Crippen LogP contribution is 2.18. The number of halogens is 1. The summed E-state index contributed by atoms with van der Waals surface area (Å²) in [5, 5.41) is 3.23. The fourth-order valence-electron chi connectivity index (χ4n) is 2.04. The maximum atomic E-state index is 13.1. The van der Waals surface area contributed by atoms with Gasteiger partial charge in [0.2, 0.25) is 0 Å². The molecule has 0 heterocycles. The smallest absolute Gasteiger partial charge is 0.123 e. The monoisotopic (exact) mass is 223 g/mol. The lowest BCUT2D eigenvalue weighted by Gasteiger charge is -2.17. The highest BCUT2D eigenvalue weighted by Gasteiger charge is 2.10. The molecule has 1 rings (SSSR count). The second kappa shape index (κ2) is 6.00. The second-order valence-electron chi connectivity index (χ2n) is 4.81. The van der Waals surface area contributed by atoms with Crippen LogP contribution >= 0.6 is 0 Å². The van der Waals surface area contributed by atoms with Crippen LogP contribution in [0.3, 0.4) is 0 Å². The van der Waals surface area contributed by atoms with E-state index in [-0.39, 0.29) is 5.82 Å². The van der Waals surface area contributed by atoms with E-state index in [1.807, 2.05) is 20.0 Å². The van der Waals surface area contributed by atoms with Gasteiger partial charge in [0.15, 0.2) is 0 Å². The summed E-state index contributed by atoms with van der Waals surface area (Å²) in [5.41, 5.74) is 2.32. The van der Waals surface area contributed by atoms with E-state index in [4.69, 9.17) is 0 Å². The van der Waals surface area contributed by atoms with Gasteiger partial charge in [0, 0.05) is 6.04 Å². The second-order valence-corrected chi connectivity index (χ2v) is 4.81. The van der Waals surface area contributed by atoms with E-state index in [9.17, 15) is 4.39 Å². The minimum atomic E-state index is -0.130. The predicted octanol–water partition coefficient (Wildman–Crippen LogP) is 3.31. The summed E-state index contributed by atoms with van der Waals surface area (Å²) >= 11 is 0. The maximum Gasteiger partial charge on any atom is 0.123 e. The van der Waals surface area contributed by atoms with Crippen molar-refractivity contribution in [3.05, 3.63) is 35.1 Å². The van der Waals surface area contributed by atoms with Crippen LogP contribution in [0.1, 0.15) is 31.4 Å². The van der Waals surface area contributed by atoms with Crippen LogP contribution in [-0.4, -0.2) is 13.1 Å². The first-order valence-electron chi connectivity index (χ1n) is 5.95. The molecule has 0 aromatic heterocycles. The SMILES string of the molecule is CNC(C)CC(C)Cc1cc(F)ccc1C. The Morgan fingerprint density at radius 3 is 2.62 bits per heavy atom. The highest BCUT2D eigenvalue weighted by molar-refractivity contribution is 5.26. The molecule has 2 atom stereocenters. The third kappa shape index (κ3) is 3.93. The number of hydrogen-bond donors (Lipinski definition) is 1. The van der Waals surface area contributed by atoms with E-state index < -0.39 is 0 Å². The zero-order valence-corrected chi connectivity index (χ0v) is 10.7. The Morgan fingerprint density at radius 1 is 1.31 bits per heavy atom. The molecule has 90 valence electrons. The molecule has 0 radical (unpaired) electrons. The van der Waals surface area contributed by atoms with Crippen LogP contribution in [0, 0.1) is 18.7 Å². The van der Waals surface area contributed by atoms with E-state index in [1.54, 1.807) is 6.07 Å². The van der Waals surface area contributed by atoms with E-state index >= 15 is 0 Å². The van der Waals surface area contributed by atoms with E-state index in [1.165, 1.54) is 11.6 Å². The van der Waals surface area contributed by atoms with Crippen molar-refractivity contribution < 1.29 is 4.39 Å². The Balaban J connectivity index is 2.61. The first kappa shape index (κ1) is 13.2. The standard InChI is InChI=1S/C14H22FN/c1-10(7-12(3)16-4)8-13-9-14(15)6-5-11(13)2/h5-6,9-10,12,16H,7-8H2,1-4H3. The Hall–Kier alpha value is -0.890. The molecule has 1 nitrogen and oxygen atoms in total. The molecule has 2 heteroatoms. The number of benzene rings is 1. The van der Waals surface area contributed by atoms with Crippen LogP contribution in [0.2, 0.25) is 0 Å². The molecule has 0 saturated heterocycles. The summed E-state index contributed by atoms with van der Waals surface area (Å²) in [6.45, 7) is 6.44. The van der Waals surface area contributed by atoms with Crippen molar-refractivity contribution in [1.29, 1.82) is 0 Å². The number of aryl methyl sites for hydroxylation is 1. The van der Waals surface area contributed by atoms with Gasteiger partial charge in [-0.05, 0) is 62.9 Å². The zero-order valence-electron chi connectivity index (χ0n) is 10.7. The zero-order chi connectivity index (χ0) is 12.1. The molecule has 0 aliphatic heterocycles. The van der Waals surface area contributed by atoms with E-state index in [2.05, 4.69) is 19.2 Å². The third-order valence-corrected chi connectivity index (χ3v) is 3.13. The summed E-state index contributed by atoms with van der Waals surface area (Å²) < 4.78 is 13.1. The summed E-state index contributed by atoms with van der Waals surface area (Å²) in [4.78, 5) is 0. The predicted molar refractivity (Wildman–Crippen MR) is 67.1 cm³/mol. The van der Waals surface area contributed by atoms with Gasteiger partial charge < -0.3 is 5.32 Å². The molecule has 1 aromatic carbocycles. The van der Waals surface area contributed by atoms with Crippen LogP contribution in [0.15, 0.2) is 18.2 Å². The summed E-state index contributed by atoms with van der Waals surface area (Å²) in [6.07, 6.45) is 2.07. The lowest BCUT2D eigenvalue weighted by atomic mass is 9.93. The van der Waals surface area contributed by atoms with Gasteiger partial charge in [-0.3, -0.25) is 0 Å². The minimum Gasteiger partial charge on any atom is -0.317 e. The minimum absolute atomic E-state index is 0.130. The number of hydrogen-bond acceptors (Lipinski definition) is 1. The Labute approximate surface area is 98.1 Å². The first-order valence-corrected chi connectivity index (χ1v) is 5.95. The Bertz CT molecular complexity index is 336. The van der Waals surface area contributed by atoms with Gasteiger partial charge in [-0.15, -0.1) is 0 Å². The van der Waals surface area contributed by atoms with Gasteiger partial charge in [-0.25, -0.2) is 4.39 Å². The average Bonchev–Trinajstić information content (AvgIpc) is 2.23. The largest absolute Gasteiger partial charge is 0.317 e. The lowest BCUT2D eigenvalue weighted by molar-refractivity contribution is 0.439. The fourth-order valence-corrected chi connectivity index (χ4v) is 2.04. The summed E-state index contributed by atoms with van der Waals surface area (Å²) in [6, 6.07) is 5.57. The molecule has 0 aliphatic carbocycles. The summed E-state index contributed by atoms with van der Waals surface area (Å²) in [7, 11) is 1.98. The van der Waals surface area contributed by atoms with Gasteiger partial charge in [-0.2, -0.15) is 0 Å². The molecule has 2 unspecified atom stereocenters. The van der Waals surface area contributed by atoms with E-state index in [0.717, 1.165) is 18.4 Å². The molecule has 16 heavy (non-hydrogen) atoms. The maximum absolute atomic E-state index is 13.1. The number of rotatable bonds is 5. The van der Waals surface area contributed by atoms with E-state index in [0.29, 0.717) is 12.0 Å². The highest BCUT2D eigenvalue weighted by atomic mass is 19.1. The normalized spacial score (nSPS) is 14.8. The van der Waals surface area contributed by atoms with Gasteiger partial charge in [0.05, 0.1) is 0 Å². The summed E-state index contributed by atoms with van der Waals surface area (Å²) in [5.74, 6) is 0.442. The van der Waals surface area contributed by atoms with Crippen LogP contribution in [0.5, 0.6) is 0 Å². The molecule has 1 aromatic rings. The van der Waals surface area contributed by atoms with Crippen LogP contribution in [0.4, 0.5) is 4.39 Å². The number of nitrogens with one attached hydrogen (secondary N) is 1. The lowest BCUT2D eigenvalue weighted by Crippen LogP contribution is -2.24. The van der Waals surface area contributed by atoms with Crippen LogP contribution in [0.25, 0.3) is 0 Å².